The molecule has 0 saturated heterocycles. The summed E-state index contributed by atoms with van der Waals surface area (Å²) >= 11 is 0. The number of hydrogen-bond acceptors (Lipinski definition) is 4. The van der Waals surface area contributed by atoms with Crippen LogP contribution in [0, 0.1) is 0 Å². The van der Waals surface area contributed by atoms with E-state index >= 15 is 0 Å². The van der Waals surface area contributed by atoms with Crippen LogP contribution in [-0.4, -0.2) is 39.3 Å². The van der Waals surface area contributed by atoms with Gasteiger partial charge in [0.05, 0.1) is 12.0 Å². The highest BCUT2D eigenvalue weighted by Gasteiger charge is 2.33. The largest absolute Gasteiger partial charge is 0.396 e. The van der Waals surface area contributed by atoms with Crippen LogP contribution in [0.25, 0.3) is 10.8 Å². The lowest BCUT2D eigenvalue weighted by Crippen LogP contribution is -2.29. The Bertz CT molecular complexity index is 919. The van der Waals surface area contributed by atoms with E-state index in [1.807, 2.05) is 31.3 Å². The molecule has 0 aliphatic rings. The maximum absolute atomic E-state index is 11.8. The van der Waals surface area contributed by atoms with Crippen LogP contribution in [0.5, 0.6) is 0 Å². The van der Waals surface area contributed by atoms with Gasteiger partial charge in [0, 0.05) is 38.9 Å². The Morgan fingerprint density at radius 1 is 1.24 bits per heavy atom. The van der Waals surface area contributed by atoms with Crippen molar-refractivity contribution < 1.29 is 15.0 Å². The first-order valence-corrected chi connectivity index (χ1v) is 8.06. The van der Waals surface area contributed by atoms with E-state index in [9.17, 15) is 15.0 Å². The van der Waals surface area contributed by atoms with Crippen molar-refractivity contribution in [2.45, 2.75) is 12.0 Å². The minimum Gasteiger partial charge on any atom is -0.396 e. The standard InChI is InChI=1S/C19H21N3O3/c1-20-18(24)15-4-3-14-10-16(6-5-13(14)9-15)19(25,7-8-23)17-11-22(2)12-21-17/h3-6,9-12,23,25H,7-8H2,1-2H3,(H,20,24). The van der Waals surface area contributed by atoms with Gasteiger partial charge in [0.1, 0.15) is 5.60 Å². The molecule has 0 aliphatic heterocycles. The van der Waals surface area contributed by atoms with Crippen molar-refractivity contribution in [2.24, 2.45) is 7.05 Å². The van der Waals surface area contributed by atoms with Gasteiger partial charge in [-0.2, -0.15) is 0 Å². The second-order valence-corrected chi connectivity index (χ2v) is 6.11. The van der Waals surface area contributed by atoms with E-state index in [4.69, 9.17) is 0 Å². The normalized spacial score (nSPS) is 13.6. The first-order chi connectivity index (χ1) is 12.0. The quantitative estimate of drug-likeness (QED) is 0.658. The summed E-state index contributed by atoms with van der Waals surface area (Å²) in [6, 6.07) is 10.9. The van der Waals surface area contributed by atoms with Crippen molar-refractivity contribution in [3.63, 3.8) is 0 Å². The number of carbonyl (C=O) groups is 1. The molecule has 0 spiro atoms. The maximum atomic E-state index is 11.8. The molecule has 1 atom stereocenters. The Labute approximate surface area is 145 Å². The van der Waals surface area contributed by atoms with Crippen molar-refractivity contribution in [1.82, 2.24) is 14.9 Å². The molecule has 130 valence electrons. The lowest BCUT2D eigenvalue weighted by molar-refractivity contribution is 0.0473. The minimum absolute atomic E-state index is 0.142. The molecular formula is C19H21N3O3. The minimum atomic E-state index is -1.37. The van der Waals surface area contributed by atoms with Crippen LogP contribution in [0.4, 0.5) is 0 Å². The second-order valence-electron chi connectivity index (χ2n) is 6.11. The van der Waals surface area contributed by atoms with Gasteiger partial charge in [0.15, 0.2) is 0 Å². The van der Waals surface area contributed by atoms with Crippen molar-refractivity contribution in [2.75, 3.05) is 13.7 Å². The number of nitrogens with zero attached hydrogens (tertiary/aromatic N) is 2. The first-order valence-electron chi connectivity index (χ1n) is 8.06. The predicted octanol–water partition coefficient (Wildman–Crippen LogP) is 1.55. The molecule has 0 radical (unpaired) electrons. The lowest BCUT2D eigenvalue weighted by Gasteiger charge is -2.26. The molecule has 3 rings (SSSR count). The number of rotatable bonds is 5. The summed E-state index contributed by atoms with van der Waals surface area (Å²) in [4.78, 5) is 16.0. The van der Waals surface area contributed by atoms with Gasteiger partial charge in [-0.05, 0) is 34.5 Å². The topological polar surface area (TPSA) is 87.4 Å². The molecule has 1 heterocycles. The number of nitrogens with one attached hydrogen (secondary N) is 1. The summed E-state index contributed by atoms with van der Waals surface area (Å²) < 4.78 is 1.76. The number of imidazole rings is 1. The number of aromatic nitrogens is 2. The van der Waals surface area contributed by atoms with Crippen LogP contribution < -0.4 is 5.32 Å². The van der Waals surface area contributed by atoms with Crippen LogP contribution in [0.3, 0.4) is 0 Å². The Morgan fingerprint density at radius 2 is 1.96 bits per heavy atom. The zero-order valence-electron chi connectivity index (χ0n) is 14.2. The third-order valence-electron chi connectivity index (χ3n) is 4.41. The Hall–Kier alpha value is -2.70. The molecule has 6 heteroatoms. The Kier molecular flexibility index (Phi) is 4.57. The predicted molar refractivity (Wildman–Crippen MR) is 95.2 cm³/mol. The van der Waals surface area contributed by atoms with Crippen LogP contribution in [0.15, 0.2) is 48.9 Å². The average Bonchev–Trinajstić information content (AvgIpc) is 3.07. The average molecular weight is 339 g/mol. The van der Waals surface area contributed by atoms with Gasteiger partial charge in [-0.3, -0.25) is 4.79 Å². The van der Waals surface area contributed by atoms with Gasteiger partial charge >= 0.3 is 0 Å². The molecule has 25 heavy (non-hydrogen) atoms. The van der Waals surface area contributed by atoms with Crippen molar-refractivity contribution in [3.8, 4) is 0 Å². The van der Waals surface area contributed by atoms with E-state index in [2.05, 4.69) is 10.3 Å². The molecule has 0 bridgehead atoms. The third-order valence-corrected chi connectivity index (χ3v) is 4.41. The molecule has 0 saturated carbocycles. The SMILES string of the molecule is CNC(=O)c1ccc2cc(C(O)(CCO)c3cn(C)cn3)ccc2c1. The molecule has 0 fully saturated rings. The molecule has 1 aromatic heterocycles. The van der Waals surface area contributed by atoms with Crippen molar-refractivity contribution >= 4 is 16.7 Å². The third kappa shape index (κ3) is 3.14. The molecule has 6 nitrogen and oxygen atoms in total. The van der Waals surface area contributed by atoms with E-state index in [1.54, 1.807) is 36.3 Å². The van der Waals surface area contributed by atoms with E-state index in [0.29, 0.717) is 16.8 Å². The highest BCUT2D eigenvalue weighted by molar-refractivity contribution is 5.98. The zero-order chi connectivity index (χ0) is 18.0. The number of amides is 1. The van der Waals surface area contributed by atoms with Crippen LogP contribution in [0.2, 0.25) is 0 Å². The molecule has 1 amide bonds. The Morgan fingerprint density at radius 3 is 2.60 bits per heavy atom. The van der Waals surface area contributed by atoms with Gasteiger partial charge in [0.2, 0.25) is 0 Å². The summed E-state index contributed by atoms with van der Waals surface area (Å²) in [6.07, 6.45) is 3.51. The van der Waals surface area contributed by atoms with Gasteiger partial charge in [-0.15, -0.1) is 0 Å². The van der Waals surface area contributed by atoms with Crippen LogP contribution in [0.1, 0.15) is 28.0 Å². The second kappa shape index (κ2) is 6.66. The molecule has 1 unspecified atom stereocenters. The highest BCUT2D eigenvalue weighted by atomic mass is 16.3. The summed E-state index contributed by atoms with van der Waals surface area (Å²) in [6.45, 7) is -0.166. The van der Waals surface area contributed by atoms with Gasteiger partial charge in [-0.1, -0.05) is 18.2 Å². The van der Waals surface area contributed by atoms with Gasteiger partial charge in [-0.25, -0.2) is 4.98 Å². The number of hydrogen-bond donors (Lipinski definition) is 3. The number of carbonyl (C=O) groups excluding carboxylic acids is 1. The van der Waals surface area contributed by atoms with Crippen molar-refractivity contribution in [3.05, 3.63) is 65.7 Å². The number of fused-ring (bicyclic) bond motifs is 1. The summed E-state index contributed by atoms with van der Waals surface area (Å²) in [5, 5.41) is 25.0. The number of aliphatic hydroxyl groups is 2. The smallest absolute Gasteiger partial charge is 0.251 e. The fraction of sp³-hybridized carbons (Fsp3) is 0.263. The summed E-state index contributed by atoms with van der Waals surface area (Å²) in [5.41, 5.74) is 0.354. The summed E-state index contributed by atoms with van der Waals surface area (Å²) in [7, 11) is 3.42. The number of aliphatic hydroxyl groups excluding tert-OH is 1. The fourth-order valence-corrected chi connectivity index (χ4v) is 3.00. The van der Waals surface area contributed by atoms with E-state index < -0.39 is 5.60 Å². The van der Waals surface area contributed by atoms with Gasteiger partial charge < -0.3 is 20.1 Å². The van der Waals surface area contributed by atoms with Gasteiger partial charge in [0.25, 0.3) is 5.91 Å². The van der Waals surface area contributed by atoms with E-state index in [0.717, 1.165) is 10.8 Å². The number of aryl methyl sites for hydroxylation is 1. The van der Waals surface area contributed by atoms with Crippen LogP contribution >= 0.6 is 0 Å². The lowest BCUT2D eigenvalue weighted by atomic mass is 9.86. The van der Waals surface area contributed by atoms with E-state index in [-0.39, 0.29) is 18.9 Å². The highest BCUT2D eigenvalue weighted by Crippen LogP contribution is 2.33. The first kappa shape index (κ1) is 17.1. The van der Waals surface area contributed by atoms with Crippen LogP contribution in [-0.2, 0) is 12.6 Å². The fourth-order valence-electron chi connectivity index (χ4n) is 3.00. The molecule has 3 N–H and O–H groups in total. The molecule has 3 aromatic rings. The van der Waals surface area contributed by atoms with E-state index in [1.165, 1.54) is 0 Å². The molecular weight excluding hydrogens is 318 g/mol. The molecule has 0 aliphatic carbocycles. The monoisotopic (exact) mass is 339 g/mol. The number of benzene rings is 2. The van der Waals surface area contributed by atoms with Crippen molar-refractivity contribution in [1.29, 1.82) is 0 Å². The summed E-state index contributed by atoms with van der Waals surface area (Å²) in [5.74, 6) is -0.142. The Balaban J connectivity index is 2.08. The maximum Gasteiger partial charge on any atom is 0.251 e. The molecule has 2 aromatic carbocycles. The zero-order valence-corrected chi connectivity index (χ0v) is 14.2.